The minimum absolute atomic E-state index is 0.0374. The Kier molecular flexibility index (Phi) is 5.68. The number of carbonyl (C=O) groups excluding carboxylic acids is 1. The van der Waals surface area contributed by atoms with Crippen molar-refractivity contribution in [1.82, 2.24) is 14.9 Å². The number of rotatable bonds is 5. The molecule has 0 unspecified atom stereocenters. The lowest BCUT2D eigenvalue weighted by molar-refractivity contribution is -0.274. The SMILES string of the molecule is C[C@@H]1CN(c2ccc(OC(F)(F)F)cc2)CCN1C(=O)CNc1cnc2[nH]c(=O)oc2c1. The highest BCUT2D eigenvalue weighted by Crippen LogP contribution is 2.26. The van der Waals surface area contributed by atoms with Crippen molar-refractivity contribution in [2.24, 2.45) is 0 Å². The number of carbonyl (C=O) groups is 1. The zero-order chi connectivity index (χ0) is 22.9. The normalized spacial score (nSPS) is 16.9. The Balaban J connectivity index is 1.32. The van der Waals surface area contributed by atoms with E-state index in [1.165, 1.54) is 18.3 Å². The number of halogens is 3. The standard InChI is InChI=1S/C20H20F3N5O4/c1-12-11-27(14-2-4-15(5-3-14)32-20(21,22)23)6-7-28(12)17(29)10-24-13-8-16-18(25-9-13)26-19(30)31-16/h2-5,8-9,12,24H,6-7,10-11H2,1H3,(H,25,26,30)/t12-/m1/s1. The van der Waals surface area contributed by atoms with E-state index in [1.807, 2.05) is 11.8 Å². The molecule has 2 aromatic heterocycles. The molecule has 1 atom stereocenters. The Hall–Kier alpha value is -3.70. The molecule has 9 nitrogen and oxygen atoms in total. The Morgan fingerprint density at radius 2 is 2.06 bits per heavy atom. The number of alkyl halides is 3. The summed E-state index contributed by atoms with van der Waals surface area (Å²) < 4.78 is 45.8. The molecule has 0 spiro atoms. The molecular formula is C20H20F3N5O4. The van der Waals surface area contributed by atoms with Crippen LogP contribution in [-0.4, -0.2) is 59.4 Å². The van der Waals surface area contributed by atoms with Crippen molar-refractivity contribution in [2.75, 3.05) is 36.4 Å². The van der Waals surface area contributed by atoms with Crippen LogP contribution in [0.25, 0.3) is 11.2 Å². The third-order valence-electron chi connectivity index (χ3n) is 5.10. The van der Waals surface area contributed by atoms with Gasteiger partial charge in [0.15, 0.2) is 11.2 Å². The van der Waals surface area contributed by atoms with Crippen LogP contribution in [0.15, 0.2) is 45.7 Å². The van der Waals surface area contributed by atoms with Crippen molar-refractivity contribution < 1.29 is 27.1 Å². The van der Waals surface area contributed by atoms with Crippen molar-refractivity contribution in [3.8, 4) is 5.75 Å². The second-order valence-electron chi connectivity index (χ2n) is 7.36. The number of H-pyrrole nitrogens is 1. The molecule has 2 N–H and O–H groups in total. The lowest BCUT2D eigenvalue weighted by Crippen LogP contribution is -2.55. The number of oxazole rings is 1. The lowest BCUT2D eigenvalue weighted by Gasteiger charge is -2.41. The number of pyridine rings is 1. The van der Waals surface area contributed by atoms with Gasteiger partial charge in [-0.05, 0) is 31.2 Å². The maximum Gasteiger partial charge on any atom is 0.573 e. The highest BCUT2D eigenvalue weighted by atomic mass is 19.4. The number of ether oxygens (including phenoxy) is 1. The highest BCUT2D eigenvalue weighted by molar-refractivity contribution is 5.82. The molecule has 1 aliphatic heterocycles. The van der Waals surface area contributed by atoms with Crippen molar-refractivity contribution in [3.05, 3.63) is 47.1 Å². The van der Waals surface area contributed by atoms with Crippen molar-refractivity contribution in [3.63, 3.8) is 0 Å². The van der Waals surface area contributed by atoms with Crippen molar-refractivity contribution in [1.29, 1.82) is 0 Å². The van der Waals surface area contributed by atoms with Crippen LogP contribution in [0, 0.1) is 0 Å². The van der Waals surface area contributed by atoms with E-state index in [2.05, 4.69) is 20.0 Å². The largest absolute Gasteiger partial charge is 0.573 e. The minimum atomic E-state index is -4.73. The van der Waals surface area contributed by atoms with E-state index in [1.54, 1.807) is 23.1 Å². The summed E-state index contributed by atoms with van der Waals surface area (Å²) in [6.07, 6.45) is -3.23. The van der Waals surface area contributed by atoms with Crippen molar-refractivity contribution >= 4 is 28.5 Å². The number of hydrogen-bond acceptors (Lipinski definition) is 7. The van der Waals surface area contributed by atoms with E-state index in [4.69, 9.17) is 4.42 Å². The molecule has 0 radical (unpaired) electrons. The maximum absolute atomic E-state index is 12.7. The first-order chi connectivity index (χ1) is 15.2. The van der Waals surface area contributed by atoms with Crippen LogP contribution in [0.5, 0.6) is 5.75 Å². The summed E-state index contributed by atoms with van der Waals surface area (Å²) in [6, 6.07) is 7.15. The van der Waals surface area contributed by atoms with Gasteiger partial charge in [-0.3, -0.25) is 9.78 Å². The van der Waals surface area contributed by atoms with Gasteiger partial charge in [-0.2, -0.15) is 0 Å². The fourth-order valence-corrected chi connectivity index (χ4v) is 3.64. The molecular weight excluding hydrogens is 431 g/mol. The van der Waals surface area contributed by atoms with Gasteiger partial charge in [0.2, 0.25) is 5.91 Å². The fraction of sp³-hybridized carbons (Fsp3) is 0.350. The number of nitrogens with one attached hydrogen (secondary N) is 2. The number of piperazine rings is 1. The van der Waals surface area contributed by atoms with E-state index < -0.39 is 12.1 Å². The van der Waals surface area contributed by atoms with E-state index in [0.29, 0.717) is 36.6 Å². The molecule has 0 saturated carbocycles. The predicted octanol–water partition coefficient (Wildman–Crippen LogP) is 2.56. The minimum Gasteiger partial charge on any atom is -0.406 e. The number of aromatic amines is 1. The van der Waals surface area contributed by atoms with Gasteiger partial charge in [-0.25, -0.2) is 9.78 Å². The van der Waals surface area contributed by atoms with Gasteiger partial charge in [0.05, 0.1) is 18.4 Å². The number of nitrogens with zero attached hydrogens (tertiary/aromatic N) is 3. The summed E-state index contributed by atoms with van der Waals surface area (Å²) in [5.74, 6) is -0.989. The summed E-state index contributed by atoms with van der Waals surface area (Å²) in [6.45, 7) is 3.49. The van der Waals surface area contributed by atoms with Crippen LogP contribution >= 0.6 is 0 Å². The Morgan fingerprint density at radius 3 is 2.75 bits per heavy atom. The Bertz CT molecular complexity index is 1160. The molecule has 1 aromatic carbocycles. The van der Waals surface area contributed by atoms with E-state index in [-0.39, 0.29) is 24.2 Å². The topological polar surface area (TPSA) is 104 Å². The van der Waals surface area contributed by atoms with Gasteiger partial charge in [0.25, 0.3) is 0 Å². The summed E-state index contributed by atoms with van der Waals surface area (Å²) >= 11 is 0. The number of amides is 1. The molecule has 4 rings (SSSR count). The molecule has 12 heteroatoms. The fourth-order valence-electron chi connectivity index (χ4n) is 3.64. The number of aromatic nitrogens is 2. The smallest absolute Gasteiger partial charge is 0.406 e. The van der Waals surface area contributed by atoms with Gasteiger partial charge in [-0.1, -0.05) is 0 Å². The average molecular weight is 451 g/mol. The molecule has 1 amide bonds. The highest BCUT2D eigenvalue weighted by Gasteiger charge is 2.31. The zero-order valence-electron chi connectivity index (χ0n) is 17.0. The van der Waals surface area contributed by atoms with Crippen LogP contribution in [0.1, 0.15) is 6.92 Å². The molecule has 1 saturated heterocycles. The molecule has 32 heavy (non-hydrogen) atoms. The van der Waals surface area contributed by atoms with Gasteiger partial charge >= 0.3 is 12.1 Å². The van der Waals surface area contributed by atoms with E-state index >= 15 is 0 Å². The van der Waals surface area contributed by atoms with E-state index in [0.717, 1.165) is 5.69 Å². The molecule has 0 aliphatic carbocycles. The first kappa shape index (κ1) is 21.5. The van der Waals surface area contributed by atoms with Gasteiger partial charge in [-0.15, -0.1) is 13.2 Å². The monoisotopic (exact) mass is 451 g/mol. The molecule has 170 valence electrons. The Labute approximate surface area is 179 Å². The third kappa shape index (κ3) is 4.95. The van der Waals surface area contributed by atoms with Crippen LogP contribution in [0.2, 0.25) is 0 Å². The number of benzene rings is 1. The summed E-state index contributed by atoms with van der Waals surface area (Å²) in [5.41, 5.74) is 1.92. The van der Waals surface area contributed by atoms with Crippen LogP contribution in [-0.2, 0) is 4.79 Å². The van der Waals surface area contributed by atoms with Crippen LogP contribution in [0.4, 0.5) is 24.5 Å². The maximum atomic E-state index is 12.7. The summed E-state index contributed by atoms with van der Waals surface area (Å²) in [4.78, 5) is 34.2. The second kappa shape index (κ2) is 8.44. The molecule has 1 aliphatic rings. The first-order valence-electron chi connectivity index (χ1n) is 9.81. The molecule has 0 bridgehead atoms. The third-order valence-corrected chi connectivity index (χ3v) is 5.10. The predicted molar refractivity (Wildman–Crippen MR) is 110 cm³/mol. The molecule has 3 aromatic rings. The summed E-state index contributed by atoms with van der Waals surface area (Å²) in [5, 5.41) is 2.98. The molecule has 3 heterocycles. The average Bonchev–Trinajstić information content (AvgIpc) is 3.10. The number of anilines is 2. The zero-order valence-corrected chi connectivity index (χ0v) is 17.0. The summed E-state index contributed by atoms with van der Waals surface area (Å²) in [7, 11) is 0. The van der Waals surface area contributed by atoms with Gasteiger partial charge in [0.1, 0.15) is 5.75 Å². The van der Waals surface area contributed by atoms with Gasteiger partial charge < -0.3 is 24.3 Å². The van der Waals surface area contributed by atoms with Gasteiger partial charge in [0, 0.05) is 37.4 Å². The quantitative estimate of drug-likeness (QED) is 0.615. The van der Waals surface area contributed by atoms with Crippen molar-refractivity contribution in [2.45, 2.75) is 19.3 Å². The number of hydrogen-bond donors (Lipinski definition) is 2. The number of fused-ring (bicyclic) bond motifs is 1. The molecule has 1 fully saturated rings. The lowest BCUT2D eigenvalue weighted by atomic mass is 10.1. The van der Waals surface area contributed by atoms with E-state index in [9.17, 15) is 22.8 Å². The van der Waals surface area contributed by atoms with Crippen LogP contribution < -0.4 is 20.7 Å². The second-order valence-corrected chi connectivity index (χ2v) is 7.36. The Morgan fingerprint density at radius 1 is 1.31 bits per heavy atom. The first-order valence-corrected chi connectivity index (χ1v) is 9.81. The van der Waals surface area contributed by atoms with Crippen LogP contribution in [0.3, 0.4) is 0 Å².